The molecule has 0 aromatic carbocycles. The number of hydrogen-bond acceptors (Lipinski definition) is 1. The molecule has 2 rings (SSSR count). The molecule has 0 radical (unpaired) electrons. The summed E-state index contributed by atoms with van der Waals surface area (Å²) in [7, 11) is 0. The first-order valence-electron chi connectivity index (χ1n) is 8.73. The van der Waals surface area contributed by atoms with Gasteiger partial charge in [-0.1, -0.05) is 43.6 Å². The molecule has 1 saturated carbocycles. The fourth-order valence-corrected chi connectivity index (χ4v) is 5.33. The van der Waals surface area contributed by atoms with E-state index in [2.05, 4.69) is 39.8 Å². The summed E-state index contributed by atoms with van der Waals surface area (Å²) in [5.74, 6) is -0.437. The molecule has 2 heteroatoms. The fourth-order valence-electron chi connectivity index (χ4n) is 5.33. The molecule has 0 aromatic rings. The molecule has 2 aliphatic rings. The number of hydrogen-bond donors (Lipinski definition) is 1. The summed E-state index contributed by atoms with van der Waals surface area (Å²) in [5.41, 5.74) is 2.64. The second-order valence-electron chi connectivity index (χ2n) is 8.34. The van der Waals surface area contributed by atoms with Crippen molar-refractivity contribution < 1.29 is 9.90 Å². The Morgan fingerprint density at radius 1 is 1.36 bits per heavy atom. The summed E-state index contributed by atoms with van der Waals surface area (Å²) in [5, 5.41) is 9.78. The number of carboxylic acid groups (broad SMARTS) is 1. The lowest BCUT2D eigenvalue weighted by atomic mass is 9.47. The molecule has 1 fully saturated rings. The summed E-state index contributed by atoms with van der Waals surface area (Å²) in [6.07, 6.45) is 11.3. The van der Waals surface area contributed by atoms with Gasteiger partial charge >= 0.3 is 5.97 Å². The minimum atomic E-state index is -0.630. The SMILES string of the molecule is CC(C)=CCCC1(C)CCCC2(C)C(C(=O)O)C(C)=CCC12. The van der Waals surface area contributed by atoms with Gasteiger partial charge in [0.1, 0.15) is 0 Å². The van der Waals surface area contributed by atoms with Crippen LogP contribution in [0.2, 0.25) is 0 Å². The van der Waals surface area contributed by atoms with Crippen molar-refractivity contribution in [2.75, 3.05) is 0 Å². The van der Waals surface area contributed by atoms with Crippen LogP contribution in [0.3, 0.4) is 0 Å². The molecular weight excluding hydrogens is 272 g/mol. The van der Waals surface area contributed by atoms with Crippen molar-refractivity contribution in [1.82, 2.24) is 0 Å². The number of carbonyl (C=O) groups is 1. The fraction of sp³-hybridized carbons (Fsp3) is 0.750. The third kappa shape index (κ3) is 3.02. The summed E-state index contributed by atoms with van der Waals surface area (Å²) < 4.78 is 0. The van der Waals surface area contributed by atoms with Gasteiger partial charge in [-0.05, 0) is 69.6 Å². The third-order valence-electron chi connectivity index (χ3n) is 6.41. The highest BCUT2D eigenvalue weighted by molar-refractivity contribution is 5.75. The molecule has 2 nitrogen and oxygen atoms in total. The zero-order valence-electron chi connectivity index (χ0n) is 14.9. The van der Waals surface area contributed by atoms with Gasteiger partial charge in [-0.15, -0.1) is 0 Å². The topological polar surface area (TPSA) is 37.3 Å². The average Bonchev–Trinajstić information content (AvgIpc) is 2.36. The normalized spacial score (nSPS) is 38.0. The smallest absolute Gasteiger partial charge is 0.311 e. The zero-order chi connectivity index (χ0) is 16.5. The number of aliphatic carboxylic acids is 1. The van der Waals surface area contributed by atoms with Crippen molar-refractivity contribution in [3.8, 4) is 0 Å². The summed E-state index contributed by atoms with van der Waals surface area (Å²) in [6.45, 7) is 11.0. The molecule has 0 bridgehead atoms. The Morgan fingerprint density at radius 2 is 2.05 bits per heavy atom. The van der Waals surface area contributed by atoms with E-state index in [-0.39, 0.29) is 16.7 Å². The quantitative estimate of drug-likeness (QED) is 0.687. The predicted octanol–water partition coefficient (Wildman–Crippen LogP) is 5.60. The van der Waals surface area contributed by atoms with Gasteiger partial charge in [0.2, 0.25) is 0 Å². The van der Waals surface area contributed by atoms with Crippen LogP contribution in [0, 0.1) is 22.7 Å². The van der Waals surface area contributed by atoms with Crippen LogP contribution in [0.4, 0.5) is 0 Å². The van der Waals surface area contributed by atoms with E-state index in [1.807, 2.05) is 6.92 Å². The van der Waals surface area contributed by atoms with Crippen LogP contribution < -0.4 is 0 Å². The molecule has 22 heavy (non-hydrogen) atoms. The van der Waals surface area contributed by atoms with Crippen LogP contribution in [0.15, 0.2) is 23.3 Å². The summed E-state index contributed by atoms with van der Waals surface area (Å²) in [4.78, 5) is 11.9. The second kappa shape index (κ2) is 6.22. The lowest BCUT2D eigenvalue weighted by Gasteiger charge is -2.56. The molecule has 0 saturated heterocycles. The van der Waals surface area contributed by atoms with Crippen molar-refractivity contribution >= 4 is 5.97 Å². The Kier molecular flexibility index (Phi) is 4.89. The first-order chi connectivity index (χ1) is 10.2. The molecule has 4 atom stereocenters. The van der Waals surface area contributed by atoms with Crippen molar-refractivity contribution in [2.24, 2.45) is 22.7 Å². The van der Waals surface area contributed by atoms with Gasteiger partial charge in [-0.25, -0.2) is 0 Å². The van der Waals surface area contributed by atoms with Crippen molar-refractivity contribution in [2.45, 2.75) is 73.1 Å². The number of carboxylic acids is 1. The zero-order valence-corrected chi connectivity index (χ0v) is 14.9. The highest BCUT2D eigenvalue weighted by atomic mass is 16.4. The van der Waals surface area contributed by atoms with E-state index >= 15 is 0 Å². The van der Waals surface area contributed by atoms with E-state index in [4.69, 9.17) is 0 Å². The van der Waals surface area contributed by atoms with Gasteiger partial charge < -0.3 is 5.11 Å². The maximum atomic E-state index is 11.9. The molecule has 0 aliphatic heterocycles. The maximum Gasteiger partial charge on any atom is 0.311 e. The highest BCUT2D eigenvalue weighted by Gasteiger charge is 2.55. The summed E-state index contributed by atoms with van der Waals surface area (Å²) in [6, 6.07) is 0. The van der Waals surface area contributed by atoms with Gasteiger partial charge in [0.25, 0.3) is 0 Å². The van der Waals surface area contributed by atoms with Gasteiger partial charge in [0, 0.05) is 0 Å². The van der Waals surface area contributed by atoms with E-state index in [1.165, 1.54) is 18.4 Å². The Hall–Kier alpha value is -1.05. The Morgan fingerprint density at radius 3 is 2.64 bits per heavy atom. The first-order valence-corrected chi connectivity index (χ1v) is 8.73. The number of allylic oxidation sites excluding steroid dienone is 3. The molecule has 124 valence electrons. The molecule has 4 unspecified atom stereocenters. The Labute approximate surface area is 135 Å². The van der Waals surface area contributed by atoms with Crippen molar-refractivity contribution in [1.29, 1.82) is 0 Å². The monoisotopic (exact) mass is 304 g/mol. The maximum absolute atomic E-state index is 11.9. The molecule has 0 aromatic heterocycles. The first kappa shape index (κ1) is 17.3. The Balaban J connectivity index is 2.30. The summed E-state index contributed by atoms with van der Waals surface area (Å²) >= 11 is 0. The predicted molar refractivity (Wildman–Crippen MR) is 91.7 cm³/mol. The van der Waals surface area contributed by atoms with E-state index in [0.717, 1.165) is 31.3 Å². The lowest BCUT2D eigenvalue weighted by Crippen LogP contribution is -2.51. The Bertz CT molecular complexity index is 498. The largest absolute Gasteiger partial charge is 0.481 e. The second-order valence-corrected chi connectivity index (χ2v) is 8.34. The minimum absolute atomic E-state index is 0.0807. The van der Waals surface area contributed by atoms with E-state index in [1.54, 1.807) is 0 Å². The minimum Gasteiger partial charge on any atom is -0.481 e. The van der Waals surface area contributed by atoms with Gasteiger partial charge in [-0.3, -0.25) is 4.79 Å². The van der Waals surface area contributed by atoms with Crippen LogP contribution >= 0.6 is 0 Å². The average molecular weight is 304 g/mol. The van der Waals surface area contributed by atoms with Crippen LogP contribution in [0.1, 0.15) is 73.1 Å². The van der Waals surface area contributed by atoms with Crippen molar-refractivity contribution in [3.05, 3.63) is 23.3 Å². The van der Waals surface area contributed by atoms with Crippen LogP contribution in [0.25, 0.3) is 0 Å². The van der Waals surface area contributed by atoms with E-state index in [0.29, 0.717) is 5.92 Å². The van der Waals surface area contributed by atoms with E-state index < -0.39 is 5.97 Å². The lowest BCUT2D eigenvalue weighted by molar-refractivity contribution is -0.151. The third-order valence-corrected chi connectivity index (χ3v) is 6.41. The van der Waals surface area contributed by atoms with Crippen molar-refractivity contribution in [3.63, 3.8) is 0 Å². The van der Waals surface area contributed by atoms with Gasteiger partial charge in [0.15, 0.2) is 0 Å². The standard InChI is InChI=1S/C20H32O2/c1-14(2)8-6-11-19(4)12-7-13-20(5)16(19)10-9-15(3)17(20)18(21)22/h8-9,16-17H,6-7,10-13H2,1-5H3,(H,21,22). The molecule has 1 N–H and O–H groups in total. The van der Waals surface area contributed by atoms with Crippen LogP contribution in [0.5, 0.6) is 0 Å². The van der Waals surface area contributed by atoms with Gasteiger partial charge in [-0.2, -0.15) is 0 Å². The molecule has 0 spiro atoms. The number of rotatable bonds is 4. The van der Waals surface area contributed by atoms with E-state index in [9.17, 15) is 9.90 Å². The molecule has 2 aliphatic carbocycles. The molecule has 0 heterocycles. The van der Waals surface area contributed by atoms with Gasteiger partial charge in [0.05, 0.1) is 5.92 Å². The van der Waals surface area contributed by atoms with Crippen LogP contribution in [-0.2, 0) is 4.79 Å². The van der Waals surface area contributed by atoms with Crippen LogP contribution in [-0.4, -0.2) is 11.1 Å². The molecule has 0 amide bonds. The highest BCUT2D eigenvalue weighted by Crippen LogP contribution is 2.61. The number of fused-ring (bicyclic) bond motifs is 1. The molecular formula is C20H32O2.